The second-order valence-electron chi connectivity index (χ2n) is 8.31. The number of hydrogen-bond donors (Lipinski definition) is 2. The highest BCUT2D eigenvalue weighted by molar-refractivity contribution is 5.80. The molecule has 1 saturated carbocycles. The summed E-state index contributed by atoms with van der Waals surface area (Å²) in [6.45, 7) is 2.00. The topological polar surface area (TPSA) is 71.0 Å². The molecule has 2 aromatic rings. The summed E-state index contributed by atoms with van der Waals surface area (Å²) in [7, 11) is 3.42. The molecule has 2 heterocycles. The van der Waals surface area contributed by atoms with Crippen molar-refractivity contribution in [2.24, 2.45) is 4.99 Å². The minimum atomic E-state index is -0.287. The first-order valence-electron chi connectivity index (χ1n) is 11.3. The number of nitrogens with one attached hydrogen (secondary N) is 2. The molecule has 1 aromatic heterocycles. The maximum absolute atomic E-state index is 14.1. The lowest BCUT2D eigenvalue weighted by Crippen LogP contribution is -2.44. The highest BCUT2D eigenvalue weighted by atomic mass is 19.1. The van der Waals surface area contributed by atoms with E-state index in [1.54, 1.807) is 26.4 Å². The fraction of sp³-hybridized carbons (Fsp3) is 0.500. The Kier molecular flexibility index (Phi) is 7.29. The second-order valence-corrected chi connectivity index (χ2v) is 8.31. The Morgan fingerprint density at radius 3 is 2.84 bits per heavy atom. The van der Waals surface area contributed by atoms with Crippen LogP contribution in [0.3, 0.4) is 0 Å². The van der Waals surface area contributed by atoms with Crippen molar-refractivity contribution in [1.29, 1.82) is 0 Å². The van der Waals surface area contributed by atoms with E-state index < -0.39 is 0 Å². The number of aromatic nitrogens is 1. The SMILES string of the molecule is CN=C(NCc1ccc(OC)cc1OC1CCCC1)NC1CCN(c2ncccc2F)C1. The predicted octanol–water partition coefficient (Wildman–Crippen LogP) is 3.49. The van der Waals surface area contributed by atoms with E-state index >= 15 is 0 Å². The van der Waals surface area contributed by atoms with Gasteiger partial charge >= 0.3 is 0 Å². The Morgan fingerprint density at radius 1 is 1.25 bits per heavy atom. The molecular weight excluding hydrogens is 409 g/mol. The van der Waals surface area contributed by atoms with Gasteiger partial charge in [-0.1, -0.05) is 0 Å². The van der Waals surface area contributed by atoms with Crippen LogP contribution in [0.5, 0.6) is 11.5 Å². The monoisotopic (exact) mass is 441 g/mol. The fourth-order valence-electron chi connectivity index (χ4n) is 4.35. The zero-order chi connectivity index (χ0) is 22.3. The molecule has 2 aliphatic rings. The van der Waals surface area contributed by atoms with Crippen molar-refractivity contribution in [1.82, 2.24) is 15.6 Å². The summed E-state index contributed by atoms with van der Waals surface area (Å²) in [4.78, 5) is 10.5. The first-order chi connectivity index (χ1) is 15.7. The standard InChI is InChI=1S/C24H32FN5O2/c1-26-24(29-18-11-13-30(16-18)23-21(25)8-5-12-27-23)28-15-17-9-10-20(31-2)14-22(17)32-19-6-3-4-7-19/h5,8-10,12,14,18-19H,3-4,6-7,11,13,15-16H2,1-2H3,(H2,26,28,29). The van der Waals surface area contributed by atoms with Crippen molar-refractivity contribution in [3.63, 3.8) is 0 Å². The van der Waals surface area contributed by atoms with Crippen LogP contribution in [-0.2, 0) is 6.54 Å². The number of rotatable bonds is 7. The maximum atomic E-state index is 14.1. The molecule has 2 N–H and O–H groups in total. The molecule has 0 amide bonds. The molecule has 0 bridgehead atoms. The van der Waals surface area contributed by atoms with Crippen molar-refractivity contribution in [2.45, 2.75) is 50.8 Å². The molecule has 0 radical (unpaired) electrons. The second kappa shape index (κ2) is 10.5. The average Bonchev–Trinajstić information content (AvgIpc) is 3.49. The number of methoxy groups -OCH3 is 1. The smallest absolute Gasteiger partial charge is 0.191 e. The van der Waals surface area contributed by atoms with Crippen molar-refractivity contribution in [3.05, 3.63) is 47.9 Å². The zero-order valence-electron chi connectivity index (χ0n) is 18.8. The molecule has 1 aliphatic carbocycles. The number of hydrogen-bond acceptors (Lipinski definition) is 5. The minimum absolute atomic E-state index is 0.160. The van der Waals surface area contributed by atoms with Gasteiger partial charge in [0.1, 0.15) is 11.5 Å². The highest BCUT2D eigenvalue weighted by Crippen LogP contribution is 2.30. The van der Waals surface area contributed by atoms with Gasteiger partial charge in [-0.05, 0) is 56.4 Å². The van der Waals surface area contributed by atoms with Crippen LogP contribution >= 0.6 is 0 Å². The first kappa shape index (κ1) is 22.2. The third-order valence-corrected chi connectivity index (χ3v) is 6.11. The van der Waals surface area contributed by atoms with Gasteiger partial charge in [-0.25, -0.2) is 9.37 Å². The van der Waals surface area contributed by atoms with Gasteiger partial charge in [0.25, 0.3) is 0 Å². The first-order valence-corrected chi connectivity index (χ1v) is 11.3. The van der Waals surface area contributed by atoms with E-state index in [1.165, 1.54) is 18.9 Å². The number of anilines is 1. The van der Waals surface area contributed by atoms with Gasteiger partial charge in [0.05, 0.1) is 13.2 Å². The minimum Gasteiger partial charge on any atom is -0.497 e. The molecule has 8 heteroatoms. The lowest BCUT2D eigenvalue weighted by molar-refractivity contribution is 0.207. The number of guanidine groups is 1. The van der Waals surface area contributed by atoms with E-state index in [1.807, 2.05) is 23.1 Å². The van der Waals surface area contributed by atoms with E-state index in [0.717, 1.165) is 42.9 Å². The van der Waals surface area contributed by atoms with Gasteiger partial charge in [-0.3, -0.25) is 4.99 Å². The predicted molar refractivity (Wildman–Crippen MR) is 124 cm³/mol. The van der Waals surface area contributed by atoms with Crippen molar-refractivity contribution < 1.29 is 13.9 Å². The van der Waals surface area contributed by atoms with Crippen LogP contribution in [0.2, 0.25) is 0 Å². The van der Waals surface area contributed by atoms with Gasteiger partial charge in [-0.2, -0.15) is 0 Å². The van der Waals surface area contributed by atoms with Crippen molar-refractivity contribution in [2.75, 3.05) is 32.1 Å². The number of ether oxygens (including phenoxy) is 2. The number of benzene rings is 1. The maximum Gasteiger partial charge on any atom is 0.191 e. The van der Waals surface area contributed by atoms with E-state index in [2.05, 4.69) is 20.6 Å². The normalized spacial score (nSPS) is 19.3. The number of nitrogens with zero attached hydrogens (tertiary/aromatic N) is 3. The Labute approximate surface area is 189 Å². The van der Waals surface area contributed by atoms with Gasteiger partial charge in [-0.15, -0.1) is 0 Å². The Hall–Kier alpha value is -3.03. The Morgan fingerprint density at radius 2 is 2.09 bits per heavy atom. The zero-order valence-corrected chi connectivity index (χ0v) is 18.8. The van der Waals surface area contributed by atoms with E-state index in [4.69, 9.17) is 9.47 Å². The molecule has 1 atom stereocenters. The molecule has 2 fully saturated rings. The van der Waals surface area contributed by atoms with Crippen LogP contribution in [-0.4, -0.2) is 50.3 Å². The van der Waals surface area contributed by atoms with E-state index in [9.17, 15) is 4.39 Å². The molecule has 7 nitrogen and oxygen atoms in total. The number of halogens is 1. The summed E-state index contributed by atoms with van der Waals surface area (Å²) >= 11 is 0. The van der Waals surface area contributed by atoms with Gasteiger partial charge in [0.15, 0.2) is 17.6 Å². The summed E-state index contributed by atoms with van der Waals surface area (Å²) in [6, 6.07) is 9.16. The van der Waals surface area contributed by atoms with E-state index in [-0.39, 0.29) is 18.0 Å². The number of aliphatic imine (C=N–C) groups is 1. The van der Waals surface area contributed by atoms with Gasteiger partial charge in [0.2, 0.25) is 0 Å². The molecule has 172 valence electrons. The third kappa shape index (κ3) is 5.41. The van der Waals surface area contributed by atoms with E-state index in [0.29, 0.717) is 24.9 Å². The quantitative estimate of drug-likeness (QED) is 0.506. The summed E-state index contributed by atoms with van der Waals surface area (Å²) in [6.07, 6.45) is 7.42. The average molecular weight is 442 g/mol. The highest BCUT2D eigenvalue weighted by Gasteiger charge is 2.26. The summed E-state index contributed by atoms with van der Waals surface area (Å²) in [5.41, 5.74) is 1.06. The molecule has 32 heavy (non-hydrogen) atoms. The van der Waals surface area contributed by atoms with Gasteiger partial charge < -0.3 is 25.0 Å². The van der Waals surface area contributed by atoms with Crippen LogP contribution < -0.4 is 25.0 Å². The molecule has 1 aliphatic heterocycles. The van der Waals surface area contributed by atoms with Gasteiger partial charge in [0, 0.05) is 50.6 Å². The molecule has 1 aromatic carbocycles. The van der Waals surface area contributed by atoms with Crippen LogP contribution in [0.4, 0.5) is 10.2 Å². The van der Waals surface area contributed by atoms with Crippen LogP contribution in [0.25, 0.3) is 0 Å². The molecule has 1 unspecified atom stereocenters. The fourth-order valence-corrected chi connectivity index (χ4v) is 4.35. The van der Waals surface area contributed by atoms with Crippen molar-refractivity contribution >= 4 is 11.8 Å². The Bertz CT molecular complexity index is 932. The Balaban J connectivity index is 1.35. The molecule has 4 rings (SSSR count). The van der Waals surface area contributed by atoms with Crippen LogP contribution in [0.1, 0.15) is 37.7 Å². The largest absolute Gasteiger partial charge is 0.497 e. The van der Waals surface area contributed by atoms with Crippen LogP contribution in [0, 0.1) is 5.82 Å². The summed E-state index contributed by atoms with van der Waals surface area (Å²) < 4.78 is 25.7. The molecular formula is C24H32FN5O2. The lowest BCUT2D eigenvalue weighted by atomic mass is 10.1. The number of pyridine rings is 1. The third-order valence-electron chi connectivity index (χ3n) is 6.11. The molecule has 0 spiro atoms. The lowest BCUT2D eigenvalue weighted by Gasteiger charge is -2.21. The summed E-state index contributed by atoms with van der Waals surface area (Å²) in [5.74, 6) is 2.48. The van der Waals surface area contributed by atoms with Crippen molar-refractivity contribution in [3.8, 4) is 11.5 Å². The summed E-state index contributed by atoms with van der Waals surface area (Å²) in [5, 5.41) is 6.84. The van der Waals surface area contributed by atoms with Crippen LogP contribution in [0.15, 0.2) is 41.5 Å². The molecule has 1 saturated heterocycles.